The van der Waals surface area contributed by atoms with E-state index < -0.39 is 0 Å². The summed E-state index contributed by atoms with van der Waals surface area (Å²) < 4.78 is 5.17. The lowest BCUT2D eigenvalue weighted by Crippen LogP contribution is -1.87. The molecule has 0 aromatic rings. The summed E-state index contributed by atoms with van der Waals surface area (Å²) >= 11 is 0. The number of hydrogen-bond donors (Lipinski definition) is 0. The van der Waals surface area contributed by atoms with Gasteiger partial charge >= 0.3 is 0 Å². The molecule has 0 aromatic heterocycles. The van der Waals surface area contributed by atoms with Crippen LogP contribution in [-0.2, 0) is 4.74 Å². The van der Waals surface area contributed by atoms with Crippen molar-refractivity contribution in [1.82, 2.24) is 0 Å². The van der Waals surface area contributed by atoms with Gasteiger partial charge in [0.1, 0.15) is 0 Å². The van der Waals surface area contributed by atoms with Crippen molar-refractivity contribution in [3.05, 3.63) is 24.7 Å². The van der Waals surface area contributed by atoms with Crippen LogP contribution < -0.4 is 0 Å². The van der Waals surface area contributed by atoms with E-state index in [0.29, 0.717) is 5.92 Å². The molecule has 0 spiro atoms. The minimum absolute atomic E-state index is 0.699. The van der Waals surface area contributed by atoms with Crippen LogP contribution in [0.5, 0.6) is 0 Å². The zero-order chi connectivity index (χ0) is 8.69. The Morgan fingerprint density at radius 1 is 1.55 bits per heavy atom. The summed E-state index contributed by atoms with van der Waals surface area (Å²) in [6, 6.07) is 0. The van der Waals surface area contributed by atoms with Gasteiger partial charge in [-0.15, -0.1) is 0 Å². The van der Waals surface area contributed by atoms with Crippen LogP contribution in [0, 0.1) is 5.92 Å². The van der Waals surface area contributed by atoms with Crippen LogP contribution in [0.1, 0.15) is 33.6 Å². The van der Waals surface area contributed by atoms with Crippen molar-refractivity contribution in [2.24, 2.45) is 5.92 Å². The predicted octanol–water partition coefficient (Wildman–Crippen LogP) is 3.49. The molecule has 0 saturated heterocycles. The van der Waals surface area contributed by atoms with Gasteiger partial charge in [-0.1, -0.05) is 27.4 Å². The van der Waals surface area contributed by atoms with Crippen LogP contribution >= 0.6 is 0 Å². The van der Waals surface area contributed by atoms with E-state index in [4.69, 9.17) is 4.74 Å². The molecular formula is C10H18O. The molecule has 0 unspecified atom stereocenters. The van der Waals surface area contributed by atoms with E-state index in [1.54, 1.807) is 0 Å². The van der Waals surface area contributed by atoms with Crippen LogP contribution in [0.25, 0.3) is 0 Å². The number of ether oxygens (including phenoxy) is 1. The SMILES string of the molecule is C=CO/C(=C\CC(C)C)CC. The van der Waals surface area contributed by atoms with Crippen LogP contribution in [0.3, 0.4) is 0 Å². The molecule has 0 amide bonds. The van der Waals surface area contributed by atoms with E-state index in [-0.39, 0.29) is 0 Å². The quantitative estimate of drug-likeness (QED) is 0.551. The summed E-state index contributed by atoms with van der Waals surface area (Å²) in [5, 5.41) is 0. The van der Waals surface area contributed by atoms with Crippen molar-refractivity contribution in [3.63, 3.8) is 0 Å². The molecule has 0 radical (unpaired) electrons. The van der Waals surface area contributed by atoms with Gasteiger partial charge in [-0.05, 0) is 18.4 Å². The second-order valence-electron chi connectivity index (χ2n) is 2.94. The first kappa shape index (κ1) is 10.3. The zero-order valence-electron chi connectivity index (χ0n) is 7.76. The monoisotopic (exact) mass is 154 g/mol. The highest BCUT2D eigenvalue weighted by atomic mass is 16.5. The molecule has 0 aliphatic carbocycles. The van der Waals surface area contributed by atoms with E-state index in [2.05, 4.69) is 33.4 Å². The van der Waals surface area contributed by atoms with Crippen molar-refractivity contribution in [2.45, 2.75) is 33.6 Å². The fourth-order valence-corrected chi connectivity index (χ4v) is 0.750. The third kappa shape index (κ3) is 5.71. The number of rotatable bonds is 5. The third-order valence-electron chi connectivity index (χ3n) is 1.40. The molecule has 0 atom stereocenters. The molecule has 0 heterocycles. The third-order valence-corrected chi connectivity index (χ3v) is 1.40. The molecular weight excluding hydrogens is 136 g/mol. The Hall–Kier alpha value is -0.720. The smallest absolute Gasteiger partial charge is 0.0989 e. The first-order valence-electron chi connectivity index (χ1n) is 4.17. The number of hydrogen-bond acceptors (Lipinski definition) is 1. The molecule has 0 N–H and O–H groups in total. The highest BCUT2D eigenvalue weighted by Gasteiger charge is 1.93. The number of allylic oxidation sites excluding steroid dienone is 2. The van der Waals surface area contributed by atoms with Gasteiger partial charge in [-0.3, -0.25) is 0 Å². The summed E-state index contributed by atoms with van der Waals surface area (Å²) in [6.07, 6.45) is 5.64. The van der Waals surface area contributed by atoms with E-state index in [1.165, 1.54) is 6.26 Å². The Morgan fingerprint density at radius 2 is 2.18 bits per heavy atom. The molecule has 0 aliphatic heterocycles. The normalized spacial score (nSPS) is 11.8. The van der Waals surface area contributed by atoms with Crippen molar-refractivity contribution in [1.29, 1.82) is 0 Å². The van der Waals surface area contributed by atoms with E-state index in [0.717, 1.165) is 18.6 Å². The molecule has 0 aliphatic rings. The van der Waals surface area contributed by atoms with Crippen molar-refractivity contribution >= 4 is 0 Å². The molecule has 0 aromatic carbocycles. The average Bonchev–Trinajstić information content (AvgIpc) is 1.97. The molecule has 0 fully saturated rings. The second-order valence-corrected chi connectivity index (χ2v) is 2.94. The lowest BCUT2D eigenvalue weighted by molar-refractivity contribution is 0.335. The minimum atomic E-state index is 0.699. The largest absolute Gasteiger partial charge is 0.470 e. The molecule has 1 nitrogen and oxygen atoms in total. The summed E-state index contributed by atoms with van der Waals surface area (Å²) in [7, 11) is 0. The average molecular weight is 154 g/mol. The van der Waals surface area contributed by atoms with Crippen LogP contribution in [-0.4, -0.2) is 0 Å². The maximum atomic E-state index is 5.17. The minimum Gasteiger partial charge on any atom is -0.470 e. The highest BCUT2D eigenvalue weighted by Crippen LogP contribution is 2.08. The first-order valence-corrected chi connectivity index (χ1v) is 4.17. The lowest BCUT2D eigenvalue weighted by atomic mass is 10.1. The van der Waals surface area contributed by atoms with Gasteiger partial charge in [-0.2, -0.15) is 0 Å². The fraction of sp³-hybridized carbons (Fsp3) is 0.600. The van der Waals surface area contributed by atoms with Gasteiger partial charge in [-0.25, -0.2) is 0 Å². The van der Waals surface area contributed by atoms with Crippen molar-refractivity contribution in [2.75, 3.05) is 0 Å². The zero-order valence-corrected chi connectivity index (χ0v) is 7.76. The van der Waals surface area contributed by atoms with Gasteiger partial charge in [0.05, 0.1) is 12.0 Å². The maximum Gasteiger partial charge on any atom is 0.0989 e. The molecule has 0 saturated carbocycles. The van der Waals surface area contributed by atoms with Gasteiger partial charge in [0.15, 0.2) is 0 Å². The van der Waals surface area contributed by atoms with Gasteiger partial charge < -0.3 is 4.74 Å². The Labute approximate surface area is 69.8 Å². The standard InChI is InChI=1S/C10H18O/c1-5-10(11-6-2)8-7-9(3)4/h6,8-9H,2,5,7H2,1,3-4H3/b10-8-. The molecule has 0 rings (SSSR count). The highest BCUT2D eigenvalue weighted by molar-refractivity contribution is 4.93. The summed E-state index contributed by atoms with van der Waals surface area (Å²) in [5.74, 6) is 1.72. The predicted molar refractivity (Wildman–Crippen MR) is 49.1 cm³/mol. The lowest BCUT2D eigenvalue weighted by Gasteiger charge is -2.04. The van der Waals surface area contributed by atoms with Crippen molar-refractivity contribution < 1.29 is 4.74 Å². The molecule has 11 heavy (non-hydrogen) atoms. The van der Waals surface area contributed by atoms with E-state index in [9.17, 15) is 0 Å². The van der Waals surface area contributed by atoms with Crippen LogP contribution in [0.15, 0.2) is 24.7 Å². The first-order chi connectivity index (χ1) is 5.20. The Bertz CT molecular complexity index is 134. The van der Waals surface area contributed by atoms with E-state index in [1.807, 2.05) is 0 Å². The molecule has 64 valence electrons. The Morgan fingerprint density at radius 3 is 2.55 bits per heavy atom. The summed E-state index contributed by atoms with van der Waals surface area (Å²) in [6.45, 7) is 9.98. The summed E-state index contributed by atoms with van der Waals surface area (Å²) in [5.41, 5.74) is 0. The van der Waals surface area contributed by atoms with Gasteiger partial charge in [0, 0.05) is 6.42 Å². The van der Waals surface area contributed by atoms with Gasteiger partial charge in [0.25, 0.3) is 0 Å². The van der Waals surface area contributed by atoms with Crippen LogP contribution in [0.2, 0.25) is 0 Å². The fourth-order valence-electron chi connectivity index (χ4n) is 0.750. The summed E-state index contributed by atoms with van der Waals surface area (Å²) in [4.78, 5) is 0. The van der Waals surface area contributed by atoms with E-state index >= 15 is 0 Å². The Balaban J connectivity index is 3.79. The second kappa shape index (κ2) is 6.02. The molecule has 1 heteroatoms. The van der Waals surface area contributed by atoms with Crippen LogP contribution in [0.4, 0.5) is 0 Å². The maximum absolute atomic E-state index is 5.17. The molecule has 0 bridgehead atoms. The topological polar surface area (TPSA) is 9.23 Å². The Kier molecular flexibility index (Phi) is 5.63. The van der Waals surface area contributed by atoms with Gasteiger partial charge in [0.2, 0.25) is 0 Å². The van der Waals surface area contributed by atoms with Crippen molar-refractivity contribution in [3.8, 4) is 0 Å².